The normalized spacial score (nSPS) is 10.3. The molecule has 0 fully saturated rings. The van der Waals surface area contributed by atoms with Gasteiger partial charge in [-0.15, -0.1) is 0 Å². The molecule has 0 bridgehead atoms. The molecule has 4 heteroatoms. The Morgan fingerprint density at radius 1 is 1.10 bits per heavy atom. The lowest BCUT2D eigenvalue weighted by molar-refractivity contribution is 0.130. The van der Waals surface area contributed by atoms with Crippen LogP contribution in [0.5, 0.6) is 5.75 Å². The lowest BCUT2D eigenvalue weighted by Gasteiger charge is -2.08. The molecule has 106 valence electrons. The quantitative estimate of drug-likeness (QED) is 0.773. The summed E-state index contributed by atoms with van der Waals surface area (Å²) in [5.41, 5.74) is 2.20. The van der Waals surface area contributed by atoms with Gasteiger partial charge in [0.05, 0.1) is 20.3 Å². The maximum absolute atomic E-state index is 5.64. The Balaban J connectivity index is 1.68. The Kier molecular flexibility index (Phi) is 5.89. The molecule has 0 atom stereocenters. The van der Waals surface area contributed by atoms with Gasteiger partial charge in [0.25, 0.3) is 0 Å². The van der Waals surface area contributed by atoms with E-state index in [0.29, 0.717) is 13.2 Å². The maximum atomic E-state index is 5.64. The third-order valence-corrected chi connectivity index (χ3v) is 3.30. The van der Waals surface area contributed by atoms with E-state index in [9.17, 15) is 0 Å². The zero-order chi connectivity index (χ0) is 14.2. The summed E-state index contributed by atoms with van der Waals surface area (Å²) in [6, 6.07) is 16.0. The van der Waals surface area contributed by atoms with Crippen molar-refractivity contribution in [1.82, 2.24) is 0 Å². The standard InChI is InChI=1S/C16H18BrNO2/c1-19-16-7-2-4-13(10-16)12-20-9-8-18-15-6-3-5-14(17)11-15/h2-7,10-11,18H,8-9,12H2,1H3. The van der Waals surface area contributed by atoms with Gasteiger partial charge in [-0.3, -0.25) is 0 Å². The second-order valence-corrected chi connectivity index (χ2v) is 5.26. The van der Waals surface area contributed by atoms with Gasteiger partial charge < -0.3 is 14.8 Å². The fraction of sp³-hybridized carbons (Fsp3) is 0.250. The van der Waals surface area contributed by atoms with Crippen molar-refractivity contribution >= 4 is 21.6 Å². The number of ether oxygens (including phenoxy) is 2. The summed E-state index contributed by atoms with van der Waals surface area (Å²) >= 11 is 3.45. The smallest absolute Gasteiger partial charge is 0.119 e. The van der Waals surface area contributed by atoms with E-state index < -0.39 is 0 Å². The highest BCUT2D eigenvalue weighted by Gasteiger charge is 1.97. The van der Waals surface area contributed by atoms with Gasteiger partial charge in [-0.1, -0.05) is 34.1 Å². The molecule has 0 aliphatic heterocycles. The first kappa shape index (κ1) is 14.9. The number of halogens is 1. The SMILES string of the molecule is COc1cccc(COCCNc2cccc(Br)c2)c1. The number of hydrogen-bond donors (Lipinski definition) is 1. The topological polar surface area (TPSA) is 30.5 Å². The van der Waals surface area contributed by atoms with Crippen LogP contribution in [0.25, 0.3) is 0 Å². The zero-order valence-electron chi connectivity index (χ0n) is 11.4. The van der Waals surface area contributed by atoms with Crippen LogP contribution in [0.2, 0.25) is 0 Å². The second kappa shape index (κ2) is 7.92. The molecule has 2 rings (SSSR count). The average molecular weight is 336 g/mol. The molecule has 0 heterocycles. The van der Waals surface area contributed by atoms with Gasteiger partial charge in [0.2, 0.25) is 0 Å². The number of anilines is 1. The largest absolute Gasteiger partial charge is 0.497 e. The Labute approximate surface area is 128 Å². The predicted octanol–water partition coefficient (Wildman–Crippen LogP) is 4.09. The van der Waals surface area contributed by atoms with Crippen LogP contribution in [-0.2, 0) is 11.3 Å². The van der Waals surface area contributed by atoms with Crippen molar-refractivity contribution in [3.8, 4) is 5.75 Å². The average Bonchev–Trinajstić information content (AvgIpc) is 2.47. The minimum absolute atomic E-state index is 0.595. The van der Waals surface area contributed by atoms with Gasteiger partial charge in [-0.25, -0.2) is 0 Å². The highest BCUT2D eigenvalue weighted by molar-refractivity contribution is 9.10. The second-order valence-electron chi connectivity index (χ2n) is 4.34. The molecular weight excluding hydrogens is 318 g/mol. The van der Waals surface area contributed by atoms with E-state index in [4.69, 9.17) is 9.47 Å². The fourth-order valence-corrected chi connectivity index (χ4v) is 2.22. The molecule has 20 heavy (non-hydrogen) atoms. The van der Waals surface area contributed by atoms with Crippen LogP contribution in [0, 0.1) is 0 Å². The number of hydrogen-bond acceptors (Lipinski definition) is 3. The molecule has 0 unspecified atom stereocenters. The molecule has 0 aliphatic rings. The Morgan fingerprint density at radius 3 is 2.75 bits per heavy atom. The molecule has 0 amide bonds. The van der Waals surface area contributed by atoms with E-state index in [0.717, 1.165) is 28.0 Å². The summed E-state index contributed by atoms with van der Waals surface area (Å²) in [5.74, 6) is 0.860. The lowest BCUT2D eigenvalue weighted by Crippen LogP contribution is -2.09. The monoisotopic (exact) mass is 335 g/mol. The molecule has 0 aliphatic carbocycles. The molecule has 2 aromatic carbocycles. The van der Waals surface area contributed by atoms with Crippen molar-refractivity contribution in [3.63, 3.8) is 0 Å². The molecule has 3 nitrogen and oxygen atoms in total. The summed E-state index contributed by atoms with van der Waals surface area (Å²) in [7, 11) is 1.67. The highest BCUT2D eigenvalue weighted by Crippen LogP contribution is 2.15. The van der Waals surface area contributed by atoms with Crippen LogP contribution in [0.3, 0.4) is 0 Å². The lowest BCUT2D eigenvalue weighted by atomic mass is 10.2. The third kappa shape index (κ3) is 4.87. The molecule has 2 aromatic rings. The van der Waals surface area contributed by atoms with E-state index >= 15 is 0 Å². The Morgan fingerprint density at radius 2 is 1.95 bits per heavy atom. The molecule has 0 saturated carbocycles. The van der Waals surface area contributed by atoms with Crippen molar-refractivity contribution in [2.75, 3.05) is 25.6 Å². The minimum Gasteiger partial charge on any atom is -0.497 e. The van der Waals surface area contributed by atoms with Crippen molar-refractivity contribution in [1.29, 1.82) is 0 Å². The van der Waals surface area contributed by atoms with Gasteiger partial charge in [0.15, 0.2) is 0 Å². The van der Waals surface area contributed by atoms with Crippen LogP contribution >= 0.6 is 15.9 Å². The molecule has 0 saturated heterocycles. The van der Waals surface area contributed by atoms with Crippen molar-refractivity contribution in [2.45, 2.75) is 6.61 Å². The van der Waals surface area contributed by atoms with Gasteiger partial charge in [0.1, 0.15) is 5.75 Å². The van der Waals surface area contributed by atoms with Crippen LogP contribution in [0.4, 0.5) is 5.69 Å². The first-order valence-corrected chi connectivity index (χ1v) is 7.27. The molecule has 1 N–H and O–H groups in total. The summed E-state index contributed by atoms with van der Waals surface area (Å²) in [5, 5.41) is 3.31. The predicted molar refractivity (Wildman–Crippen MR) is 85.3 cm³/mol. The summed E-state index contributed by atoms with van der Waals surface area (Å²) in [6.07, 6.45) is 0. The van der Waals surface area contributed by atoms with E-state index in [-0.39, 0.29) is 0 Å². The third-order valence-electron chi connectivity index (χ3n) is 2.80. The van der Waals surface area contributed by atoms with Gasteiger partial charge in [0, 0.05) is 16.7 Å². The van der Waals surface area contributed by atoms with E-state index in [1.807, 2.05) is 48.5 Å². The molecule has 0 spiro atoms. The van der Waals surface area contributed by atoms with Crippen LogP contribution in [-0.4, -0.2) is 20.3 Å². The van der Waals surface area contributed by atoms with Crippen LogP contribution in [0.1, 0.15) is 5.56 Å². The molecule has 0 radical (unpaired) electrons. The number of methoxy groups -OCH3 is 1. The highest BCUT2D eigenvalue weighted by atomic mass is 79.9. The fourth-order valence-electron chi connectivity index (χ4n) is 1.82. The van der Waals surface area contributed by atoms with Crippen molar-refractivity contribution in [3.05, 3.63) is 58.6 Å². The number of rotatable bonds is 7. The summed E-state index contributed by atoms with van der Waals surface area (Å²) in [6.45, 7) is 2.03. The number of benzene rings is 2. The minimum atomic E-state index is 0.595. The Bertz CT molecular complexity index is 546. The summed E-state index contributed by atoms with van der Waals surface area (Å²) in [4.78, 5) is 0. The molecule has 0 aromatic heterocycles. The van der Waals surface area contributed by atoms with E-state index in [2.05, 4.69) is 21.2 Å². The number of nitrogens with one attached hydrogen (secondary N) is 1. The van der Waals surface area contributed by atoms with E-state index in [1.165, 1.54) is 0 Å². The van der Waals surface area contributed by atoms with E-state index in [1.54, 1.807) is 7.11 Å². The first-order chi connectivity index (χ1) is 9.78. The molecular formula is C16H18BrNO2. The van der Waals surface area contributed by atoms with Crippen molar-refractivity contribution < 1.29 is 9.47 Å². The van der Waals surface area contributed by atoms with Crippen LogP contribution in [0.15, 0.2) is 53.0 Å². The first-order valence-electron chi connectivity index (χ1n) is 6.48. The van der Waals surface area contributed by atoms with Crippen molar-refractivity contribution in [2.24, 2.45) is 0 Å². The Hall–Kier alpha value is -1.52. The summed E-state index contributed by atoms with van der Waals surface area (Å²) < 4.78 is 11.9. The van der Waals surface area contributed by atoms with Crippen LogP contribution < -0.4 is 10.1 Å². The van der Waals surface area contributed by atoms with Gasteiger partial charge in [-0.2, -0.15) is 0 Å². The van der Waals surface area contributed by atoms with Gasteiger partial charge in [-0.05, 0) is 35.9 Å². The maximum Gasteiger partial charge on any atom is 0.119 e. The van der Waals surface area contributed by atoms with Gasteiger partial charge >= 0.3 is 0 Å². The zero-order valence-corrected chi connectivity index (χ0v) is 13.0.